The molecule has 2 heterocycles. The van der Waals surface area contributed by atoms with E-state index < -0.39 is 13.8 Å². The second-order valence-electron chi connectivity index (χ2n) is 9.16. The van der Waals surface area contributed by atoms with E-state index in [-0.39, 0.29) is 11.2 Å². The maximum Gasteiger partial charge on any atom is 0.333 e. The van der Waals surface area contributed by atoms with Gasteiger partial charge in [-0.1, -0.05) is 45.0 Å². The average molecular weight is 462 g/mol. The third-order valence-corrected chi connectivity index (χ3v) is 6.08. The van der Waals surface area contributed by atoms with Crippen LogP contribution in [0.1, 0.15) is 37.7 Å². The highest BCUT2D eigenvalue weighted by atomic mass is 31.2. The molecule has 170 valence electrons. The molecular formula is C25H27N4O3P. The van der Waals surface area contributed by atoms with Gasteiger partial charge in [0.15, 0.2) is 0 Å². The van der Waals surface area contributed by atoms with Crippen LogP contribution in [0.25, 0.3) is 22.2 Å². The molecule has 0 saturated carbocycles. The summed E-state index contributed by atoms with van der Waals surface area (Å²) in [6.45, 7) is 8.45. The molecule has 0 atom stereocenters. The molecule has 0 unspecified atom stereocenters. The Morgan fingerprint density at radius 2 is 1.73 bits per heavy atom. The summed E-state index contributed by atoms with van der Waals surface area (Å²) < 4.78 is 11.7. The Labute approximate surface area is 193 Å². The minimum atomic E-state index is -4.34. The summed E-state index contributed by atoms with van der Waals surface area (Å²) in [6, 6.07) is 17.7. The van der Waals surface area contributed by atoms with E-state index in [1.165, 1.54) is 5.56 Å². The van der Waals surface area contributed by atoms with Crippen LogP contribution in [-0.2, 0) is 16.1 Å². The van der Waals surface area contributed by atoms with Gasteiger partial charge in [0, 0.05) is 22.8 Å². The lowest BCUT2D eigenvalue weighted by atomic mass is 9.87. The highest BCUT2D eigenvalue weighted by Crippen LogP contribution is 2.39. The second-order valence-corrected chi connectivity index (χ2v) is 10.8. The molecule has 2 aromatic heterocycles. The SMILES string of the molecule is Cc1cccnc1-c1ccc2c(Nc3ccc(C(C)(C)C)cc3)nc(CP(=O)(O)O)nc2c1. The first-order valence-electron chi connectivity index (χ1n) is 10.6. The molecule has 4 aromatic rings. The van der Waals surface area contributed by atoms with Crippen LogP contribution in [0.4, 0.5) is 11.5 Å². The number of anilines is 2. The number of hydrogen-bond donors (Lipinski definition) is 3. The zero-order valence-corrected chi connectivity index (χ0v) is 20.0. The van der Waals surface area contributed by atoms with Crippen molar-refractivity contribution >= 4 is 30.0 Å². The van der Waals surface area contributed by atoms with Crippen LogP contribution in [-0.4, -0.2) is 24.7 Å². The number of nitrogens with one attached hydrogen (secondary N) is 1. The second kappa shape index (κ2) is 8.67. The lowest BCUT2D eigenvalue weighted by molar-refractivity contribution is 0.370. The number of hydrogen-bond acceptors (Lipinski definition) is 5. The number of fused-ring (bicyclic) bond motifs is 1. The fraction of sp³-hybridized carbons (Fsp3) is 0.240. The first kappa shape index (κ1) is 23.1. The number of benzene rings is 2. The Hall–Kier alpha value is -3.12. The Morgan fingerprint density at radius 1 is 1.00 bits per heavy atom. The van der Waals surface area contributed by atoms with Gasteiger partial charge in [-0.15, -0.1) is 0 Å². The quantitative estimate of drug-likeness (QED) is 0.326. The number of aromatic nitrogens is 3. The van der Waals surface area contributed by atoms with Gasteiger partial charge in [0.1, 0.15) is 17.8 Å². The van der Waals surface area contributed by atoms with E-state index in [9.17, 15) is 14.4 Å². The highest BCUT2D eigenvalue weighted by molar-refractivity contribution is 7.50. The standard InChI is InChI=1S/C25H27N4O3P/c1-16-6-5-13-26-23(16)17-7-12-20-21(14-17)28-22(15-33(30,31)32)29-24(20)27-19-10-8-18(9-11-19)25(2,3)4/h5-14H,15H2,1-4H3,(H,27,28,29)(H2,30,31,32). The molecule has 4 rings (SSSR count). The summed E-state index contributed by atoms with van der Waals surface area (Å²) in [4.78, 5) is 32.4. The molecule has 0 fully saturated rings. The smallest absolute Gasteiger partial charge is 0.333 e. The van der Waals surface area contributed by atoms with Gasteiger partial charge in [0.05, 0.1) is 11.2 Å². The topological polar surface area (TPSA) is 108 Å². The summed E-state index contributed by atoms with van der Waals surface area (Å²) in [6.07, 6.45) is 1.20. The van der Waals surface area contributed by atoms with Crippen LogP contribution in [0.2, 0.25) is 0 Å². The maximum absolute atomic E-state index is 11.7. The molecule has 33 heavy (non-hydrogen) atoms. The van der Waals surface area contributed by atoms with E-state index in [1.807, 2.05) is 49.4 Å². The van der Waals surface area contributed by atoms with Crippen LogP contribution in [0, 0.1) is 6.92 Å². The Bertz CT molecular complexity index is 1360. The van der Waals surface area contributed by atoms with Crippen molar-refractivity contribution in [2.45, 2.75) is 39.3 Å². The molecule has 0 radical (unpaired) electrons. The Balaban J connectivity index is 1.80. The van der Waals surface area contributed by atoms with Crippen LogP contribution >= 0.6 is 7.60 Å². The molecule has 7 nitrogen and oxygen atoms in total. The third-order valence-electron chi connectivity index (χ3n) is 5.39. The summed E-state index contributed by atoms with van der Waals surface area (Å²) in [5, 5.41) is 4.05. The summed E-state index contributed by atoms with van der Waals surface area (Å²) in [5.74, 6) is 0.579. The molecule has 0 aliphatic carbocycles. The number of nitrogens with zero attached hydrogens (tertiary/aromatic N) is 3. The van der Waals surface area contributed by atoms with Gasteiger partial charge in [-0.3, -0.25) is 9.55 Å². The third kappa shape index (κ3) is 5.45. The molecule has 0 amide bonds. The molecular weight excluding hydrogens is 435 g/mol. The van der Waals surface area contributed by atoms with Crippen molar-refractivity contribution in [3.63, 3.8) is 0 Å². The lowest BCUT2D eigenvalue weighted by Crippen LogP contribution is -2.10. The fourth-order valence-corrected chi connectivity index (χ4v) is 4.16. The molecule has 0 spiro atoms. The normalized spacial score (nSPS) is 12.2. The molecule has 8 heteroatoms. The fourth-order valence-electron chi connectivity index (χ4n) is 3.65. The van der Waals surface area contributed by atoms with Crippen LogP contribution in [0.5, 0.6) is 0 Å². The van der Waals surface area contributed by atoms with Crippen molar-refractivity contribution in [1.82, 2.24) is 15.0 Å². The lowest BCUT2D eigenvalue weighted by Gasteiger charge is -2.19. The largest absolute Gasteiger partial charge is 0.340 e. The molecule has 3 N–H and O–H groups in total. The minimum Gasteiger partial charge on any atom is -0.340 e. The monoisotopic (exact) mass is 462 g/mol. The van der Waals surface area contributed by atoms with Crippen molar-refractivity contribution in [2.24, 2.45) is 0 Å². The van der Waals surface area contributed by atoms with Gasteiger partial charge in [-0.25, -0.2) is 9.97 Å². The van der Waals surface area contributed by atoms with Crippen molar-refractivity contribution in [3.8, 4) is 11.3 Å². The van der Waals surface area contributed by atoms with Gasteiger partial charge in [-0.05, 0) is 53.8 Å². The first-order chi connectivity index (χ1) is 15.5. The Morgan fingerprint density at radius 3 is 2.36 bits per heavy atom. The molecule has 0 saturated heterocycles. The molecule has 2 aromatic carbocycles. The van der Waals surface area contributed by atoms with E-state index >= 15 is 0 Å². The van der Waals surface area contributed by atoms with Gasteiger partial charge in [0.2, 0.25) is 0 Å². The summed E-state index contributed by atoms with van der Waals surface area (Å²) >= 11 is 0. The van der Waals surface area contributed by atoms with Gasteiger partial charge in [-0.2, -0.15) is 0 Å². The van der Waals surface area contributed by atoms with Crippen molar-refractivity contribution in [1.29, 1.82) is 0 Å². The van der Waals surface area contributed by atoms with Crippen LogP contribution in [0.3, 0.4) is 0 Å². The first-order valence-corrected chi connectivity index (χ1v) is 12.4. The van der Waals surface area contributed by atoms with Gasteiger partial charge in [0.25, 0.3) is 0 Å². The predicted octanol–water partition coefficient (Wildman–Crippen LogP) is 5.72. The van der Waals surface area contributed by atoms with E-state index in [0.29, 0.717) is 11.3 Å². The maximum atomic E-state index is 11.7. The zero-order valence-electron chi connectivity index (χ0n) is 19.1. The van der Waals surface area contributed by atoms with Gasteiger partial charge >= 0.3 is 7.60 Å². The molecule has 0 aliphatic rings. The van der Waals surface area contributed by atoms with Crippen LogP contribution < -0.4 is 5.32 Å². The number of rotatable bonds is 5. The minimum absolute atomic E-state index is 0.0384. The van der Waals surface area contributed by atoms with E-state index in [2.05, 4.69) is 53.2 Å². The average Bonchev–Trinajstić information content (AvgIpc) is 2.72. The van der Waals surface area contributed by atoms with E-state index in [4.69, 9.17) is 0 Å². The highest BCUT2D eigenvalue weighted by Gasteiger charge is 2.19. The van der Waals surface area contributed by atoms with Gasteiger partial charge < -0.3 is 15.1 Å². The van der Waals surface area contributed by atoms with Crippen molar-refractivity contribution in [3.05, 3.63) is 77.7 Å². The van der Waals surface area contributed by atoms with Crippen LogP contribution in [0.15, 0.2) is 60.8 Å². The summed E-state index contributed by atoms with van der Waals surface area (Å²) in [7, 11) is -4.34. The zero-order chi connectivity index (χ0) is 23.8. The van der Waals surface area contributed by atoms with Crippen molar-refractivity contribution < 1.29 is 14.4 Å². The number of aryl methyl sites for hydroxylation is 1. The number of pyridine rings is 1. The summed E-state index contributed by atoms with van der Waals surface area (Å²) in [5.41, 5.74) is 5.40. The Kier molecular flexibility index (Phi) is 6.06. The molecule has 0 bridgehead atoms. The van der Waals surface area contributed by atoms with Crippen molar-refractivity contribution in [2.75, 3.05) is 5.32 Å². The predicted molar refractivity (Wildman–Crippen MR) is 132 cm³/mol. The van der Waals surface area contributed by atoms with E-state index in [0.717, 1.165) is 27.9 Å². The molecule has 0 aliphatic heterocycles. The van der Waals surface area contributed by atoms with E-state index in [1.54, 1.807) is 6.20 Å².